The number of nitrogens with zero attached hydrogens (tertiary/aromatic N) is 1. The summed E-state index contributed by atoms with van der Waals surface area (Å²) in [5, 5.41) is 2.95. The Morgan fingerprint density at radius 1 is 1.04 bits per heavy atom. The molecule has 0 radical (unpaired) electrons. The summed E-state index contributed by atoms with van der Waals surface area (Å²) in [6.45, 7) is 3.30. The molecule has 0 fully saturated rings. The summed E-state index contributed by atoms with van der Waals surface area (Å²) in [6, 6.07) is 18.5. The maximum absolute atomic E-state index is 13.0. The van der Waals surface area contributed by atoms with Gasteiger partial charge in [-0.05, 0) is 17.5 Å². The molecule has 2 rings (SSSR count). The van der Waals surface area contributed by atoms with Gasteiger partial charge in [0.25, 0.3) is 0 Å². The molecule has 0 bridgehead atoms. The van der Waals surface area contributed by atoms with Gasteiger partial charge in [0.1, 0.15) is 6.04 Å². The molecule has 144 valence electrons. The zero-order valence-electron chi connectivity index (χ0n) is 16.1. The zero-order chi connectivity index (χ0) is 19.5. The van der Waals surface area contributed by atoms with Crippen molar-refractivity contribution < 1.29 is 14.3 Å². The van der Waals surface area contributed by atoms with Gasteiger partial charge in [-0.25, -0.2) is 0 Å². The van der Waals surface area contributed by atoms with Crippen LogP contribution in [0.4, 0.5) is 0 Å². The number of methoxy groups -OCH3 is 1. The predicted molar refractivity (Wildman–Crippen MR) is 106 cm³/mol. The van der Waals surface area contributed by atoms with Gasteiger partial charge in [0, 0.05) is 33.2 Å². The molecular weight excluding hydrogens is 340 g/mol. The first kappa shape index (κ1) is 20.6. The van der Waals surface area contributed by atoms with Crippen LogP contribution in [0.2, 0.25) is 0 Å². The van der Waals surface area contributed by atoms with E-state index < -0.39 is 6.04 Å². The van der Waals surface area contributed by atoms with Crippen molar-refractivity contribution in [1.29, 1.82) is 0 Å². The summed E-state index contributed by atoms with van der Waals surface area (Å²) < 4.78 is 5.04. The van der Waals surface area contributed by atoms with Crippen molar-refractivity contribution in [1.82, 2.24) is 10.2 Å². The van der Waals surface area contributed by atoms with Crippen LogP contribution in [0.15, 0.2) is 60.7 Å². The number of nitrogens with one attached hydrogen (secondary N) is 1. The highest BCUT2D eigenvalue weighted by molar-refractivity contribution is 5.88. The molecule has 0 saturated heterocycles. The molecule has 0 unspecified atom stereocenters. The van der Waals surface area contributed by atoms with E-state index in [9.17, 15) is 9.59 Å². The van der Waals surface area contributed by atoms with E-state index in [0.717, 1.165) is 17.5 Å². The van der Waals surface area contributed by atoms with Crippen molar-refractivity contribution in [3.05, 3.63) is 71.8 Å². The number of ether oxygens (including phenoxy) is 1. The molecule has 0 aliphatic heterocycles. The average Bonchev–Trinajstić information content (AvgIpc) is 2.71. The van der Waals surface area contributed by atoms with Gasteiger partial charge in [-0.3, -0.25) is 9.59 Å². The predicted octanol–water partition coefficient (Wildman–Crippen LogP) is 3.32. The molecule has 2 amide bonds. The van der Waals surface area contributed by atoms with Crippen LogP contribution in [-0.4, -0.2) is 37.0 Å². The molecule has 0 aliphatic rings. The molecule has 2 aromatic rings. The lowest BCUT2D eigenvalue weighted by atomic mass is 10.0. The minimum Gasteiger partial charge on any atom is -0.385 e. The molecule has 1 N–H and O–H groups in total. The normalized spacial score (nSPS) is 11.6. The summed E-state index contributed by atoms with van der Waals surface area (Å²) in [5.41, 5.74) is 1.80. The minimum absolute atomic E-state index is 0.0558. The van der Waals surface area contributed by atoms with Gasteiger partial charge in [0.2, 0.25) is 11.8 Å². The van der Waals surface area contributed by atoms with Crippen molar-refractivity contribution in [2.45, 2.75) is 32.4 Å². The largest absolute Gasteiger partial charge is 0.385 e. The SMILES string of the molecule is CCC(=O)N(Cc1ccccc1)[C@H](C(=O)NCCCOC)c1ccccc1. The lowest BCUT2D eigenvalue weighted by Gasteiger charge is -2.31. The number of hydrogen-bond donors (Lipinski definition) is 1. The van der Waals surface area contributed by atoms with Gasteiger partial charge in [-0.2, -0.15) is 0 Å². The van der Waals surface area contributed by atoms with Crippen molar-refractivity contribution in [2.24, 2.45) is 0 Å². The summed E-state index contributed by atoms with van der Waals surface area (Å²) in [4.78, 5) is 27.4. The molecule has 5 nitrogen and oxygen atoms in total. The number of rotatable bonds is 10. The smallest absolute Gasteiger partial charge is 0.247 e. The Hall–Kier alpha value is -2.66. The Kier molecular flexibility index (Phi) is 8.52. The lowest BCUT2D eigenvalue weighted by molar-refractivity contribution is -0.141. The molecule has 27 heavy (non-hydrogen) atoms. The maximum atomic E-state index is 13.0. The first-order valence-corrected chi connectivity index (χ1v) is 9.32. The molecule has 0 spiro atoms. The van der Waals surface area contributed by atoms with E-state index in [2.05, 4.69) is 5.32 Å². The molecule has 0 aliphatic carbocycles. The lowest BCUT2D eigenvalue weighted by Crippen LogP contribution is -2.43. The van der Waals surface area contributed by atoms with E-state index in [4.69, 9.17) is 4.74 Å². The second-order valence-electron chi connectivity index (χ2n) is 6.31. The number of amides is 2. The maximum Gasteiger partial charge on any atom is 0.247 e. The monoisotopic (exact) mass is 368 g/mol. The standard InChI is InChI=1S/C22H28N2O3/c1-3-20(25)24(17-18-11-6-4-7-12-18)21(19-13-8-5-9-14-19)22(26)23-15-10-16-27-2/h4-9,11-14,21H,3,10,15-17H2,1-2H3,(H,23,26)/t21-/m0/s1. The van der Waals surface area contributed by atoms with Crippen LogP contribution in [0.1, 0.15) is 36.9 Å². The van der Waals surface area contributed by atoms with Crippen LogP contribution < -0.4 is 5.32 Å². The van der Waals surface area contributed by atoms with Crippen LogP contribution in [0.25, 0.3) is 0 Å². The topological polar surface area (TPSA) is 58.6 Å². The van der Waals surface area contributed by atoms with Gasteiger partial charge < -0.3 is 15.0 Å². The van der Waals surface area contributed by atoms with Crippen molar-refractivity contribution in [3.8, 4) is 0 Å². The second kappa shape index (κ2) is 11.1. The van der Waals surface area contributed by atoms with E-state index in [0.29, 0.717) is 26.1 Å². The summed E-state index contributed by atoms with van der Waals surface area (Å²) >= 11 is 0. The van der Waals surface area contributed by atoms with Crippen LogP contribution in [0, 0.1) is 0 Å². The van der Waals surface area contributed by atoms with Crippen molar-refractivity contribution in [3.63, 3.8) is 0 Å². The van der Waals surface area contributed by atoms with Gasteiger partial charge in [-0.1, -0.05) is 67.6 Å². The van der Waals surface area contributed by atoms with Crippen molar-refractivity contribution >= 4 is 11.8 Å². The highest BCUT2D eigenvalue weighted by atomic mass is 16.5. The highest BCUT2D eigenvalue weighted by Gasteiger charge is 2.30. The minimum atomic E-state index is -0.665. The molecule has 5 heteroatoms. The Labute approximate surface area is 161 Å². The Bertz CT molecular complexity index is 704. The summed E-state index contributed by atoms with van der Waals surface area (Å²) in [7, 11) is 1.64. The summed E-state index contributed by atoms with van der Waals surface area (Å²) in [5.74, 6) is -0.227. The van der Waals surface area contributed by atoms with Gasteiger partial charge in [0.05, 0.1) is 0 Å². The molecule has 2 aromatic carbocycles. The van der Waals surface area contributed by atoms with E-state index >= 15 is 0 Å². The highest BCUT2D eigenvalue weighted by Crippen LogP contribution is 2.24. The van der Waals surface area contributed by atoms with Gasteiger partial charge >= 0.3 is 0 Å². The van der Waals surface area contributed by atoms with Gasteiger partial charge in [0.15, 0.2) is 0 Å². The van der Waals surface area contributed by atoms with Crippen LogP contribution in [-0.2, 0) is 20.9 Å². The number of hydrogen-bond acceptors (Lipinski definition) is 3. The first-order valence-electron chi connectivity index (χ1n) is 9.32. The average molecular weight is 368 g/mol. The fourth-order valence-corrected chi connectivity index (χ4v) is 2.94. The van der Waals surface area contributed by atoms with Crippen LogP contribution in [0.5, 0.6) is 0 Å². The molecule has 0 saturated carbocycles. The van der Waals surface area contributed by atoms with E-state index in [1.165, 1.54) is 0 Å². The van der Waals surface area contributed by atoms with E-state index in [1.54, 1.807) is 12.0 Å². The quantitative estimate of drug-likeness (QED) is 0.655. The third-order valence-corrected chi connectivity index (χ3v) is 4.32. The van der Waals surface area contributed by atoms with E-state index in [-0.39, 0.29) is 11.8 Å². The molecular formula is C22H28N2O3. The fraction of sp³-hybridized carbons (Fsp3) is 0.364. The number of carbonyl (C=O) groups excluding carboxylic acids is 2. The Morgan fingerprint density at radius 2 is 1.67 bits per heavy atom. The Balaban J connectivity index is 2.29. The first-order chi connectivity index (χ1) is 13.2. The van der Waals surface area contributed by atoms with E-state index in [1.807, 2.05) is 67.6 Å². The number of carbonyl (C=O) groups is 2. The third-order valence-electron chi connectivity index (χ3n) is 4.32. The van der Waals surface area contributed by atoms with Crippen LogP contribution in [0.3, 0.4) is 0 Å². The van der Waals surface area contributed by atoms with Crippen LogP contribution >= 0.6 is 0 Å². The van der Waals surface area contributed by atoms with Crippen molar-refractivity contribution in [2.75, 3.05) is 20.3 Å². The second-order valence-corrected chi connectivity index (χ2v) is 6.31. The molecule has 0 aromatic heterocycles. The number of benzene rings is 2. The summed E-state index contributed by atoms with van der Waals surface area (Å²) in [6.07, 6.45) is 1.07. The zero-order valence-corrected chi connectivity index (χ0v) is 16.1. The third kappa shape index (κ3) is 6.22. The molecule has 0 heterocycles. The fourth-order valence-electron chi connectivity index (χ4n) is 2.94. The molecule has 1 atom stereocenters. The van der Waals surface area contributed by atoms with Gasteiger partial charge in [-0.15, -0.1) is 0 Å². The Morgan fingerprint density at radius 3 is 2.26 bits per heavy atom.